The first-order chi connectivity index (χ1) is 9.65. The first kappa shape index (κ1) is 15.3. The number of halogens is 1. The first-order valence-electron chi connectivity index (χ1n) is 7.46. The molecule has 1 saturated heterocycles. The SMILES string of the molecule is CCOc1ccc(F)cc1C(CN)C1CCN(C)CC1. The maximum atomic E-state index is 13.6. The Hall–Kier alpha value is -1.13. The van der Waals surface area contributed by atoms with E-state index in [-0.39, 0.29) is 11.7 Å². The van der Waals surface area contributed by atoms with E-state index in [9.17, 15) is 4.39 Å². The summed E-state index contributed by atoms with van der Waals surface area (Å²) in [5, 5.41) is 0. The van der Waals surface area contributed by atoms with Crippen LogP contribution in [0.15, 0.2) is 18.2 Å². The van der Waals surface area contributed by atoms with E-state index >= 15 is 0 Å². The molecule has 1 aliphatic rings. The van der Waals surface area contributed by atoms with Crippen molar-refractivity contribution in [1.29, 1.82) is 0 Å². The zero-order chi connectivity index (χ0) is 14.5. The van der Waals surface area contributed by atoms with Crippen LogP contribution in [0.3, 0.4) is 0 Å². The smallest absolute Gasteiger partial charge is 0.123 e. The summed E-state index contributed by atoms with van der Waals surface area (Å²) in [5.41, 5.74) is 6.93. The van der Waals surface area contributed by atoms with Gasteiger partial charge in [0.15, 0.2) is 0 Å². The molecule has 0 radical (unpaired) electrons. The third kappa shape index (κ3) is 3.49. The second-order valence-electron chi connectivity index (χ2n) is 5.60. The highest BCUT2D eigenvalue weighted by Crippen LogP contribution is 2.36. The summed E-state index contributed by atoms with van der Waals surface area (Å²) in [7, 11) is 2.14. The zero-order valence-electron chi connectivity index (χ0n) is 12.4. The minimum absolute atomic E-state index is 0.181. The molecule has 2 N–H and O–H groups in total. The van der Waals surface area contributed by atoms with E-state index in [4.69, 9.17) is 10.5 Å². The number of hydrogen-bond acceptors (Lipinski definition) is 3. The van der Waals surface area contributed by atoms with Crippen LogP contribution in [0.4, 0.5) is 4.39 Å². The molecule has 0 bridgehead atoms. The molecule has 1 aliphatic heterocycles. The molecule has 4 heteroatoms. The van der Waals surface area contributed by atoms with Crippen molar-refractivity contribution < 1.29 is 9.13 Å². The molecule has 3 nitrogen and oxygen atoms in total. The number of likely N-dealkylation sites (tertiary alicyclic amines) is 1. The van der Waals surface area contributed by atoms with Gasteiger partial charge in [-0.2, -0.15) is 0 Å². The summed E-state index contributed by atoms with van der Waals surface area (Å²) in [5.74, 6) is 1.26. The van der Waals surface area contributed by atoms with Crippen LogP contribution < -0.4 is 10.5 Å². The van der Waals surface area contributed by atoms with Gasteiger partial charge in [-0.25, -0.2) is 4.39 Å². The molecule has 0 aliphatic carbocycles. The number of benzene rings is 1. The first-order valence-corrected chi connectivity index (χ1v) is 7.46. The number of nitrogens with zero attached hydrogens (tertiary/aromatic N) is 1. The van der Waals surface area contributed by atoms with Gasteiger partial charge < -0.3 is 15.4 Å². The molecule has 1 unspecified atom stereocenters. The highest BCUT2D eigenvalue weighted by Gasteiger charge is 2.28. The lowest BCUT2D eigenvalue weighted by molar-refractivity contribution is 0.197. The predicted molar refractivity (Wildman–Crippen MR) is 79.6 cm³/mol. The lowest BCUT2D eigenvalue weighted by Crippen LogP contribution is -2.35. The Labute approximate surface area is 120 Å². The van der Waals surface area contributed by atoms with Crippen LogP contribution in [0.5, 0.6) is 5.75 Å². The maximum absolute atomic E-state index is 13.6. The zero-order valence-corrected chi connectivity index (χ0v) is 12.4. The molecule has 1 aromatic rings. The monoisotopic (exact) mass is 280 g/mol. The standard InChI is InChI=1S/C16H25FN2O/c1-3-20-16-5-4-13(17)10-14(16)15(11-18)12-6-8-19(2)9-7-12/h4-5,10,12,15H,3,6-9,11,18H2,1-2H3. The molecule has 112 valence electrons. The van der Waals surface area contributed by atoms with Crippen molar-refractivity contribution in [3.05, 3.63) is 29.6 Å². The summed E-state index contributed by atoms with van der Waals surface area (Å²) < 4.78 is 19.3. The second-order valence-corrected chi connectivity index (χ2v) is 5.60. The normalized spacial score (nSPS) is 19.0. The predicted octanol–water partition coefficient (Wildman–Crippen LogP) is 2.61. The van der Waals surface area contributed by atoms with Gasteiger partial charge in [0, 0.05) is 11.5 Å². The van der Waals surface area contributed by atoms with Crippen molar-refractivity contribution in [2.75, 3.05) is 33.3 Å². The molecule has 1 atom stereocenters. The average molecular weight is 280 g/mol. The Morgan fingerprint density at radius 2 is 2.10 bits per heavy atom. The minimum atomic E-state index is -0.213. The van der Waals surface area contributed by atoms with E-state index in [1.165, 1.54) is 6.07 Å². The lowest BCUT2D eigenvalue weighted by atomic mass is 9.79. The third-order valence-electron chi connectivity index (χ3n) is 4.26. The number of hydrogen-bond donors (Lipinski definition) is 1. The van der Waals surface area contributed by atoms with Crippen LogP contribution in [0, 0.1) is 11.7 Å². The van der Waals surface area contributed by atoms with Crippen molar-refractivity contribution >= 4 is 0 Å². The van der Waals surface area contributed by atoms with Crippen molar-refractivity contribution in [3.8, 4) is 5.75 Å². The Morgan fingerprint density at radius 3 is 2.70 bits per heavy atom. The fourth-order valence-electron chi connectivity index (χ4n) is 3.10. The van der Waals surface area contributed by atoms with Crippen molar-refractivity contribution in [2.45, 2.75) is 25.7 Å². The number of ether oxygens (including phenoxy) is 1. The molecule has 0 saturated carbocycles. The summed E-state index contributed by atoms with van der Waals surface area (Å²) in [4.78, 5) is 2.33. The molecule has 1 heterocycles. The Morgan fingerprint density at radius 1 is 1.40 bits per heavy atom. The van der Waals surface area contributed by atoms with Gasteiger partial charge in [0.05, 0.1) is 6.61 Å². The fourth-order valence-corrected chi connectivity index (χ4v) is 3.10. The molecule has 0 spiro atoms. The van der Waals surface area contributed by atoms with Crippen molar-refractivity contribution in [1.82, 2.24) is 4.90 Å². The summed E-state index contributed by atoms with van der Waals surface area (Å²) in [6.45, 7) is 5.24. The van der Waals surface area contributed by atoms with Crippen LogP contribution >= 0.6 is 0 Å². The molecule has 2 rings (SSSR count). The van der Waals surface area contributed by atoms with E-state index < -0.39 is 0 Å². The molecule has 1 aromatic carbocycles. The minimum Gasteiger partial charge on any atom is -0.494 e. The topological polar surface area (TPSA) is 38.5 Å². The lowest BCUT2D eigenvalue weighted by Gasteiger charge is -2.34. The van der Waals surface area contributed by atoms with Crippen molar-refractivity contribution in [3.63, 3.8) is 0 Å². The van der Waals surface area contributed by atoms with E-state index in [2.05, 4.69) is 11.9 Å². The van der Waals surface area contributed by atoms with Crippen molar-refractivity contribution in [2.24, 2.45) is 11.7 Å². The number of piperidine rings is 1. The van der Waals surface area contributed by atoms with Crippen LogP contribution in [0.1, 0.15) is 31.2 Å². The van der Waals surface area contributed by atoms with Gasteiger partial charge in [-0.15, -0.1) is 0 Å². The Bertz CT molecular complexity index is 430. The quantitative estimate of drug-likeness (QED) is 0.901. The highest BCUT2D eigenvalue weighted by molar-refractivity contribution is 5.37. The Balaban J connectivity index is 2.23. The molecule has 0 aromatic heterocycles. The van der Waals surface area contributed by atoms with Gasteiger partial charge in [0.25, 0.3) is 0 Å². The van der Waals surface area contributed by atoms with E-state index in [0.717, 1.165) is 37.2 Å². The molecular weight excluding hydrogens is 255 g/mol. The molecule has 1 fully saturated rings. The van der Waals surface area contributed by atoms with Crippen LogP contribution in [0.2, 0.25) is 0 Å². The maximum Gasteiger partial charge on any atom is 0.123 e. The van der Waals surface area contributed by atoms with Crippen LogP contribution in [-0.2, 0) is 0 Å². The van der Waals surface area contributed by atoms with Gasteiger partial charge >= 0.3 is 0 Å². The fraction of sp³-hybridized carbons (Fsp3) is 0.625. The van der Waals surface area contributed by atoms with E-state index in [1.807, 2.05) is 6.92 Å². The Kier molecular flexibility index (Phi) is 5.38. The number of rotatable bonds is 5. The van der Waals surface area contributed by atoms with Crippen LogP contribution in [-0.4, -0.2) is 38.2 Å². The average Bonchev–Trinajstić information content (AvgIpc) is 2.45. The van der Waals surface area contributed by atoms with Gasteiger partial charge in [-0.1, -0.05) is 0 Å². The number of nitrogens with two attached hydrogens (primary N) is 1. The second kappa shape index (κ2) is 7.04. The highest BCUT2D eigenvalue weighted by atomic mass is 19.1. The van der Waals surface area contributed by atoms with E-state index in [0.29, 0.717) is 19.1 Å². The summed E-state index contributed by atoms with van der Waals surface area (Å²) in [6, 6.07) is 4.78. The third-order valence-corrected chi connectivity index (χ3v) is 4.26. The summed E-state index contributed by atoms with van der Waals surface area (Å²) in [6.07, 6.45) is 2.22. The summed E-state index contributed by atoms with van der Waals surface area (Å²) >= 11 is 0. The van der Waals surface area contributed by atoms with Gasteiger partial charge in [0.1, 0.15) is 11.6 Å². The van der Waals surface area contributed by atoms with Gasteiger partial charge in [-0.05, 0) is 70.6 Å². The molecule has 0 amide bonds. The van der Waals surface area contributed by atoms with E-state index in [1.54, 1.807) is 12.1 Å². The largest absolute Gasteiger partial charge is 0.494 e. The van der Waals surface area contributed by atoms with Gasteiger partial charge in [-0.3, -0.25) is 0 Å². The molecule has 20 heavy (non-hydrogen) atoms. The molecular formula is C16H25FN2O. The van der Waals surface area contributed by atoms with Crippen LogP contribution in [0.25, 0.3) is 0 Å². The van der Waals surface area contributed by atoms with Gasteiger partial charge in [0.2, 0.25) is 0 Å².